The van der Waals surface area contributed by atoms with E-state index in [9.17, 15) is 4.79 Å². The Bertz CT molecular complexity index is 308. The van der Waals surface area contributed by atoms with Crippen LogP contribution >= 0.6 is 0 Å². The molecule has 0 saturated heterocycles. The van der Waals surface area contributed by atoms with E-state index in [0.29, 0.717) is 5.56 Å². The van der Waals surface area contributed by atoms with E-state index >= 15 is 0 Å². The fourth-order valence-electron chi connectivity index (χ4n) is 1.20. The summed E-state index contributed by atoms with van der Waals surface area (Å²) in [6.45, 7) is 3.70. The molecule has 70 valence electrons. The van der Waals surface area contributed by atoms with Gasteiger partial charge in [0, 0.05) is 18.0 Å². The molecule has 3 nitrogen and oxygen atoms in total. The van der Waals surface area contributed by atoms with Gasteiger partial charge in [0.15, 0.2) is 5.78 Å². The molecule has 1 unspecified atom stereocenters. The summed E-state index contributed by atoms with van der Waals surface area (Å²) in [4.78, 5) is 15.5. The van der Waals surface area contributed by atoms with Crippen molar-refractivity contribution in [1.29, 1.82) is 0 Å². The maximum Gasteiger partial charge on any atom is 0.181 e. The first kappa shape index (κ1) is 9.86. The molecule has 1 rings (SSSR count). The number of pyridine rings is 1. The number of carbonyl (C=O) groups excluding carboxylic acids is 1. The molecule has 1 aromatic heterocycles. The van der Waals surface area contributed by atoms with Crippen molar-refractivity contribution in [2.45, 2.75) is 26.3 Å². The number of carbonyl (C=O) groups is 1. The molecule has 0 spiro atoms. The van der Waals surface area contributed by atoms with Gasteiger partial charge < -0.3 is 5.73 Å². The second-order valence-electron chi connectivity index (χ2n) is 3.04. The van der Waals surface area contributed by atoms with E-state index in [1.54, 1.807) is 19.3 Å². The van der Waals surface area contributed by atoms with Gasteiger partial charge in [-0.3, -0.25) is 9.78 Å². The van der Waals surface area contributed by atoms with E-state index in [1.165, 1.54) is 0 Å². The molecule has 0 aliphatic heterocycles. The average molecular weight is 178 g/mol. The summed E-state index contributed by atoms with van der Waals surface area (Å²) in [6.07, 6.45) is 4.11. The lowest BCUT2D eigenvalue weighted by atomic mass is 10.0. The molecule has 0 aromatic carbocycles. The highest BCUT2D eigenvalue weighted by atomic mass is 16.1. The van der Waals surface area contributed by atoms with Gasteiger partial charge in [0.2, 0.25) is 0 Å². The molecule has 3 heteroatoms. The molecule has 0 fully saturated rings. The SMILES string of the molecule is CCc1ccncc1C(=O)C(C)N. The van der Waals surface area contributed by atoms with E-state index < -0.39 is 6.04 Å². The fourth-order valence-corrected chi connectivity index (χ4v) is 1.20. The Balaban J connectivity index is 3.06. The van der Waals surface area contributed by atoms with Crippen LogP contribution in [0.2, 0.25) is 0 Å². The van der Waals surface area contributed by atoms with Gasteiger partial charge in [-0.1, -0.05) is 6.92 Å². The number of hydrogen-bond acceptors (Lipinski definition) is 3. The summed E-state index contributed by atoms with van der Waals surface area (Å²) in [7, 11) is 0. The van der Waals surface area contributed by atoms with Crippen LogP contribution in [-0.2, 0) is 6.42 Å². The predicted molar refractivity (Wildman–Crippen MR) is 51.6 cm³/mol. The van der Waals surface area contributed by atoms with E-state index in [0.717, 1.165) is 12.0 Å². The van der Waals surface area contributed by atoms with Crippen molar-refractivity contribution in [3.63, 3.8) is 0 Å². The average Bonchev–Trinajstić information content (AvgIpc) is 2.16. The third kappa shape index (κ3) is 2.12. The molecular formula is C10H14N2O. The number of aromatic nitrogens is 1. The Morgan fingerprint density at radius 1 is 1.69 bits per heavy atom. The lowest BCUT2D eigenvalue weighted by Gasteiger charge is -2.07. The van der Waals surface area contributed by atoms with Crippen LogP contribution in [0.15, 0.2) is 18.5 Å². The number of rotatable bonds is 3. The minimum atomic E-state index is -0.450. The Hall–Kier alpha value is -1.22. The van der Waals surface area contributed by atoms with Crippen molar-refractivity contribution in [3.05, 3.63) is 29.6 Å². The first-order chi connectivity index (χ1) is 6.16. The molecule has 2 N–H and O–H groups in total. The van der Waals surface area contributed by atoms with Gasteiger partial charge in [0.1, 0.15) is 0 Å². The molecule has 0 aliphatic rings. The van der Waals surface area contributed by atoms with Crippen molar-refractivity contribution in [1.82, 2.24) is 4.98 Å². The lowest BCUT2D eigenvalue weighted by molar-refractivity contribution is 0.0966. The topological polar surface area (TPSA) is 56.0 Å². The van der Waals surface area contributed by atoms with E-state index in [4.69, 9.17) is 5.73 Å². The van der Waals surface area contributed by atoms with Gasteiger partial charge in [0.25, 0.3) is 0 Å². The van der Waals surface area contributed by atoms with Crippen molar-refractivity contribution in [2.75, 3.05) is 0 Å². The zero-order valence-corrected chi connectivity index (χ0v) is 7.95. The zero-order valence-electron chi connectivity index (χ0n) is 7.95. The summed E-state index contributed by atoms with van der Waals surface area (Å²) in [5.41, 5.74) is 7.18. The summed E-state index contributed by atoms with van der Waals surface area (Å²) < 4.78 is 0. The van der Waals surface area contributed by atoms with Crippen molar-refractivity contribution < 1.29 is 4.79 Å². The smallest absolute Gasteiger partial charge is 0.181 e. The number of nitrogens with two attached hydrogens (primary N) is 1. The zero-order chi connectivity index (χ0) is 9.84. The van der Waals surface area contributed by atoms with Crippen LogP contribution in [0.1, 0.15) is 29.8 Å². The molecule has 0 bridgehead atoms. The lowest BCUT2D eigenvalue weighted by Crippen LogP contribution is -2.27. The maximum absolute atomic E-state index is 11.6. The van der Waals surface area contributed by atoms with Gasteiger partial charge >= 0.3 is 0 Å². The number of hydrogen-bond donors (Lipinski definition) is 1. The molecule has 1 aromatic rings. The summed E-state index contributed by atoms with van der Waals surface area (Å²) >= 11 is 0. The quantitative estimate of drug-likeness (QED) is 0.707. The van der Waals surface area contributed by atoms with Gasteiger partial charge in [-0.05, 0) is 25.0 Å². The summed E-state index contributed by atoms with van der Waals surface area (Å²) in [5.74, 6) is -0.0371. The third-order valence-electron chi connectivity index (χ3n) is 1.97. The molecular weight excluding hydrogens is 164 g/mol. The Morgan fingerprint density at radius 3 is 2.92 bits per heavy atom. The van der Waals surface area contributed by atoms with Gasteiger partial charge in [0.05, 0.1) is 6.04 Å². The third-order valence-corrected chi connectivity index (χ3v) is 1.97. The number of Topliss-reactive ketones (excluding diaryl/α,β-unsaturated/α-hetero) is 1. The van der Waals surface area contributed by atoms with Gasteiger partial charge in [-0.15, -0.1) is 0 Å². The van der Waals surface area contributed by atoms with Crippen LogP contribution in [0.5, 0.6) is 0 Å². The number of ketones is 1. The molecule has 0 amide bonds. The highest BCUT2D eigenvalue weighted by Crippen LogP contribution is 2.09. The van der Waals surface area contributed by atoms with E-state index in [-0.39, 0.29) is 5.78 Å². The monoisotopic (exact) mass is 178 g/mol. The van der Waals surface area contributed by atoms with E-state index in [1.807, 2.05) is 13.0 Å². The van der Waals surface area contributed by atoms with Crippen molar-refractivity contribution in [3.8, 4) is 0 Å². The van der Waals surface area contributed by atoms with Gasteiger partial charge in [-0.2, -0.15) is 0 Å². The maximum atomic E-state index is 11.6. The van der Waals surface area contributed by atoms with Gasteiger partial charge in [-0.25, -0.2) is 0 Å². The minimum absolute atomic E-state index is 0.0371. The predicted octanol–water partition coefficient (Wildman–Crippen LogP) is 1.17. The Kier molecular flexibility index (Phi) is 3.14. The van der Waals surface area contributed by atoms with Crippen LogP contribution in [0.4, 0.5) is 0 Å². The second kappa shape index (κ2) is 4.14. The van der Waals surface area contributed by atoms with Crippen LogP contribution < -0.4 is 5.73 Å². The van der Waals surface area contributed by atoms with Crippen LogP contribution in [-0.4, -0.2) is 16.8 Å². The minimum Gasteiger partial charge on any atom is -0.321 e. The number of aryl methyl sites for hydroxylation is 1. The first-order valence-corrected chi connectivity index (χ1v) is 4.39. The summed E-state index contributed by atoms with van der Waals surface area (Å²) in [6, 6.07) is 1.41. The van der Waals surface area contributed by atoms with Crippen LogP contribution in [0.3, 0.4) is 0 Å². The largest absolute Gasteiger partial charge is 0.321 e. The van der Waals surface area contributed by atoms with Crippen LogP contribution in [0.25, 0.3) is 0 Å². The van der Waals surface area contributed by atoms with Crippen LogP contribution in [0, 0.1) is 0 Å². The highest BCUT2D eigenvalue weighted by molar-refractivity contribution is 6.00. The van der Waals surface area contributed by atoms with Crippen molar-refractivity contribution >= 4 is 5.78 Å². The van der Waals surface area contributed by atoms with Crippen molar-refractivity contribution in [2.24, 2.45) is 5.73 Å². The van der Waals surface area contributed by atoms with E-state index in [2.05, 4.69) is 4.98 Å². The molecule has 1 atom stereocenters. The first-order valence-electron chi connectivity index (χ1n) is 4.39. The standard InChI is InChI=1S/C10H14N2O/c1-3-8-4-5-12-6-9(8)10(13)7(2)11/h4-7H,3,11H2,1-2H3. The number of nitrogens with zero attached hydrogens (tertiary/aromatic N) is 1. The molecule has 0 radical (unpaired) electrons. The fraction of sp³-hybridized carbons (Fsp3) is 0.400. The highest BCUT2D eigenvalue weighted by Gasteiger charge is 2.13. The second-order valence-corrected chi connectivity index (χ2v) is 3.04. The normalized spacial score (nSPS) is 12.5. The molecule has 0 saturated carbocycles. The Labute approximate surface area is 78.0 Å². The molecule has 0 aliphatic carbocycles. The Morgan fingerprint density at radius 2 is 2.38 bits per heavy atom. The molecule has 13 heavy (non-hydrogen) atoms. The summed E-state index contributed by atoms with van der Waals surface area (Å²) in [5, 5.41) is 0. The molecule has 1 heterocycles.